The van der Waals surface area contributed by atoms with Crippen LogP contribution >= 0.6 is 11.6 Å². The quantitative estimate of drug-likeness (QED) is 0.264. The minimum Gasteiger partial charge on any atom is -0.497 e. The van der Waals surface area contributed by atoms with Crippen LogP contribution in [-0.2, 0) is 26.2 Å². The Hall–Kier alpha value is -3.76. The van der Waals surface area contributed by atoms with Crippen LogP contribution in [0, 0.1) is 0 Å². The number of nitrogens with zero attached hydrogens (tertiary/aromatic N) is 2. The fourth-order valence-electron chi connectivity index (χ4n) is 4.11. The predicted octanol–water partition coefficient (Wildman–Crippen LogP) is 4.89. The molecule has 0 aliphatic carbocycles. The number of ether oxygens (including phenoxy) is 2. The van der Waals surface area contributed by atoms with Gasteiger partial charge in [-0.05, 0) is 61.4 Å². The fourth-order valence-corrected chi connectivity index (χ4v) is 5.78. The van der Waals surface area contributed by atoms with Gasteiger partial charge in [-0.3, -0.25) is 13.9 Å². The van der Waals surface area contributed by atoms with E-state index in [0.29, 0.717) is 18.0 Å². The summed E-state index contributed by atoms with van der Waals surface area (Å²) >= 11 is 6.35. The van der Waals surface area contributed by atoms with E-state index in [-0.39, 0.29) is 28.1 Å². The molecule has 11 heteroatoms. The number of nitrogens with one attached hydrogen (secondary N) is 1. The summed E-state index contributed by atoms with van der Waals surface area (Å²) in [6.07, 6.45) is 1.70. The summed E-state index contributed by atoms with van der Waals surface area (Å²) in [5.74, 6) is 0.112. The van der Waals surface area contributed by atoms with Crippen LogP contribution in [-0.4, -0.2) is 58.5 Å². The molecule has 0 aromatic heterocycles. The van der Waals surface area contributed by atoms with Crippen molar-refractivity contribution in [1.29, 1.82) is 0 Å². The van der Waals surface area contributed by atoms with Crippen LogP contribution in [0.4, 0.5) is 5.69 Å². The maximum Gasteiger partial charge on any atom is 0.264 e. The zero-order valence-corrected chi connectivity index (χ0v) is 25.2. The number of rotatable bonds is 14. The molecule has 1 atom stereocenters. The van der Waals surface area contributed by atoms with E-state index in [9.17, 15) is 18.0 Å². The van der Waals surface area contributed by atoms with Gasteiger partial charge in [0.2, 0.25) is 11.8 Å². The molecule has 3 aromatic rings. The van der Waals surface area contributed by atoms with E-state index in [0.717, 1.165) is 22.7 Å². The zero-order valence-electron chi connectivity index (χ0n) is 23.7. The summed E-state index contributed by atoms with van der Waals surface area (Å²) < 4.78 is 39.2. The molecule has 41 heavy (non-hydrogen) atoms. The van der Waals surface area contributed by atoms with Gasteiger partial charge in [0.05, 0.1) is 29.8 Å². The Labute approximate surface area is 247 Å². The third-order valence-corrected chi connectivity index (χ3v) is 8.63. The summed E-state index contributed by atoms with van der Waals surface area (Å²) in [6.45, 7) is 3.63. The molecule has 0 radical (unpaired) electrons. The van der Waals surface area contributed by atoms with Crippen LogP contribution in [0.15, 0.2) is 77.7 Å². The Morgan fingerprint density at radius 1 is 0.976 bits per heavy atom. The Morgan fingerprint density at radius 3 is 2.24 bits per heavy atom. The lowest BCUT2D eigenvalue weighted by Gasteiger charge is -2.32. The molecule has 0 aliphatic heterocycles. The van der Waals surface area contributed by atoms with Gasteiger partial charge in [-0.1, -0.05) is 55.3 Å². The lowest BCUT2D eigenvalue weighted by molar-refractivity contribution is -0.139. The first kappa shape index (κ1) is 31.8. The summed E-state index contributed by atoms with van der Waals surface area (Å²) in [4.78, 5) is 28.4. The van der Waals surface area contributed by atoms with Crippen molar-refractivity contribution in [3.63, 3.8) is 0 Å². The minimum atomic E-state index is -4.20. The van der Waals surface area contributed by atoms with Crippen molar-refractivity contribution in [2.24, 2.45) is 0 Å². The number of methoxy groups -OCH3 is 2. The average Bonchev–Trinajstić information content (AvgIpc) is 2.98. The van der Waals surface area contributed by atoms with E-state index < -0.39 is 28.5 Å². The van der Waals surface area contributed by atoms with Gasteiger partial charge >= 0.3 is 0 Å². The highest BCUT2D eigenvalue weighted by molar-refractivity contribution is 7.92. The molecule has 0 aliphatic rings. The summed E-state index contributed by atoms with van der Waals surface area (Å²) in [5, 5.41) is 3.05. The number of hydrogen-bond acceptors (Lipinski definition) is 6. The molecule has 3 rings (SSSR count). The van der Waals surface area contributed by atoms with Crippen molar-refractivity contribution >= 4 is 39.1 Å². The molecule has 9 nitrogen and oxygen atoms in total. The van der Waals surface area contributed by atoms with Gasteiger partial charge in [0.25, 0.3) is 10.0 Å². The van der Waals surface area contributed by atoms with E-state index >= 15 is 0 Å². The SMILES string of the molecule is CCCCNC(=O)C(C)N(Cc1ccc(OC)cc1)C(=O)CN(c1ccc(OC)c(Cl)c1)S(=O)(=O)c1ccccc1. The molecular weight excluding hydrogens is 566 g/mol. The third-order valence-electron chi connectivity index (χ3n) is 6.54. The standard InChI is InChI=1S/C30H36ClN3O6S/c1-5-6-18-32-30(36)22(2)33(20-23-12-15-25(39-3)16-13-23)29(35)21-34(24-14-17-28(40-4)27(31)19-24)41(37,38)26-10-8-7-9-11-26/h7-17,19,22H,5-6,18,20-21H2,1-4H3,(H,32,36). The molecule has 1 unspecified atom stereocenters. The molecule has 0 saturated heterocycles. The van der Waals surface area contributed by atoms with Crippen LogP contribution in [0.3, 0.4) is 0 Å². The second kappa shape index (κ2) is 14.7. The summed E-state index contributed by atoms with van der Waals surface area (Å²) in [6, 6.07) is 18.5. The number of amides is 2. The largest absolute Gasteiger partial charge is 0.497 e. The first-order valence-electron chi connectivity index (χ1n) is 13.2. The Balaban J connectivity index is 2.02. The minimum absolute atomic E-state index is 0.00630. The molecule has 1 N–H and O–H groups in total. The molecule has 0 bridgehead atoms. The lowest BCUT2D eigenvalue weighted by atomic mass is 10.1. The maximum atomic E-state index is 14.0. The average molecular weight is 602 g/mol. The van der Waals surface area contributed by atoms with Crippen LogP contribution in [0.1, 0.15) is 32.3 Å². The second-order valence-corrected chi connectivity index (χ2v) is 11.6. The number of sulfonamides is 1. The second-order valence-electron chi connectivity index (χ2n) is 9.33. The number of hydrogen-bond donors (Lipinski definition) is 1. The van der Waals surface area contributed by atoms with Crippen molar-refractivity contribution in [3.05, 3.63) is 83.4 Å². The van der Waals surface area contributed by atoms with Crippen LogP contribution in [0.25, 0.3) is 0 Å². The molecule has 220 valence electrons. The fraction of sp³-hybridized carbons (Fsp3) is 0.333. The molecule has 0 saturated carbocycles. The van der Waals surface area contributed by atoms with Crippen molar-refractivity contribution in [3.8, 4) is 11.5 Å². The Bertz CT molecular complexity index is 1420. The Morgan fingerprint density at radius 2 is 1.66 bits per heavy atom. The van der Waals surface area contributed by atoms with Gasteiger partial charge in [-0.25, -0.2) is 8.42 Å². The van der Waals surface area contributed by atoms with Gasteiger partial charge in [0.15, 0.2) is 0 Å². The van der Waals surface area contributed by atoms with E-state index in [2.05, 4.69) is 5.32 Å². The first-order chi connectivity index (χ1) is 19.6. The van der Waals surface area contributed by atoms with E-state index in [1.807, 2.05) is 6.92 Å². The summed E-state index contributed by atoms with van der Waals surface area (Å²) in [5.41, 5.74) is 0.926. The predicted molar refractivity (Wildman–Crippen MR) is 160 cm³/mol. The third kappa shape index (κ3) is 8.14. The number of unbranched alkanes of at least 4 members (excludes halogenated alkanes) is 1. The van der Waals surface area contributed by atoms with Gasteiger partial charge in [0, 0.05) is 13.1 Å². The van der Waals surface area contributed by atoms with Crippen LogP contribution < -0.4 is 19.1 Å². The number of halogens is 1. The topological polar surface area (TPSA) is 105 Å². The maximum absolute atomic E-state index is 14.0. The highest BCUT2D eigenvalue weighted by Crippen LogP contribution is 2.32. The van der Waals surface area contributed by atoms with E-state index in [4.69, 9.17) is 21.1 Å². The van der Waals surface area contributed by atoms with Gasteiger partial charge in [0.1, 0.15) is 24.1 Å². The smallest absolute Gasteiger partial charge is 0.264 e. The number of carbonyl (C=O) groups excluding carboxylic acids is 2. The molecule has 0 heterocycles. The highest BCUT2D eigenvalue weighted by atomic mass is 35.5. The summed E-state index contributed by atoms with van der Waals surface area (Å²) in [7, 11) is -1.19. The molecule has 0 spiro atoms. The normalized spacial score (nSPS) is 11.8. The number of benzene rings is 3. The van der Waals surface area contributed by atoms with E-state index in [1.54, 1.807) is 56.5 Å². The van der Waals surface area contributed by atoms with Gasteiger partial charge in [-0.15, -0.1) is 0 Å². The lowest BCUT2D eigenvalue weighted by Crippen LogP contribution is -2.51. The van der Waals surface area contributed by atoms with Crippen molar-refractivity contribution in [2.75, 3.05) is 31.6 Å². The molecule has 0 fully saturated rings. The van der Waals surface area contributed by atoms with Crippen LogP contribution in [0.2, 0.25) is 5.02 Å². The number of carbonyl (C=O) groups is 2. The molecule has 3 aromatic carbocycles. The van der Waals surface area contributed by atoms with Gasteiger partial charge < -0.3 is 19.7 Å². The van der Waals surface area contributed by atoms with Crippen molar-refractivity contribution in [1.82, 2.24) is 10.2 Å². The van der Waals surface area contributed by atoms with Crippen molar-refractivity contribution in [2.45, 2.75) is 44.2 Å². The Kier molecular flexibility index (Phi) is 11.4. The van der Waals surface area contributed by atoms with Gasteiger partial charge in [-0.2, -0.15) is 0 Å². The monoisotopic (exact) mass is 601 g/mol. The molecule has 2 amide bonds. The van der Waals surface area contributed by atoms with Crippen LogP contribution in [0.5, 0.6) is 11.5 Å². The van der Waals surface area contributed by atoms with Crippen molar-refractivity contribution < 1.29 is 27.5 Å². The molecular formula is C30H36ClN3O6S. The zero-order chi connectivity index (χ0) is 30.0. The first-order valence-corrected chi connectivity index (χ1v) is 15.1. The van der Waals surface area contributed by atoms with E-state index in [1.165, 1.54) is 42.3 Å². The number of anilines is 1. The highest BCUT2D eigenvalue weighted by Gasteiger charge is 2.32.